The molecule has 8 rings (SSSR count). The largest absolute Gasteiger partial charge is 0.309 e. The van der Waals surface area contributed by atoms with Crippen molar-refractivity contribution in [2.24, 2.45) is 0 Å². The topological polar surface area (TPSA) is 3.24 Å². The average molecular weight is 530 g/mol. The second kappa shape index (κ2) is 8.57. The van der Waals surface area contributed by atoms with Gasteiger partial charge in [-0.15, -0.1) is 0 Å². The van der Waals surface area contributed by atoms with Crippen molar-refractivity contribution in [2.45, 2.75) is 51.4 Å². The lowest BCUT2D eigenvalue weighted by molar-refractivity contribution is 0.597. The molecule has 2 aliphatic heterocycles. The Kier molecular flexibility index (Phi) is 5.11. The number of hydrogen-bond acceptors (Lipinski definition) is 1. The molecule has 0 bridgehead atoms. The lowest BCUT2D eigenvalue weighted by atomic mass is 9.66. The number of hydrogen-bond donors (Lipinski definition) is 0. The van der Waals surface area contributed by atoms with Gasteiger partial charge in [-0.05, 0) is 98.8 Å². The molecule has 3 aliphatic rings. The fourth-order valence-corrected chi connectivity index (χ4v) is 7.55. The van der Waals surface area contributed by atoms with Gasteiger partial charge in [-0.25, -0.2) is 0 Å². The van der Waals surface area contributed by atoms with Gasteiger partial charge in [0, 0.05) is 10.8 Å². The molecule has 5 aromatic carbocycles. The molecular weight excluding hydrogens is 494 g/mol. The summed E-state index contributed by atoms with van der Waals surface area (Å²) < 4.78 is 0. The van der Waals surface area contributed by atoms with Crippen LogP contribution in [0.4, 0.5) is 17.1 Å². The lowest BCUT2D eigenvalue weighted by Crippen LogP contribution is -2.38. The molecule has 1 heteroatoms. The Balaban J connectivity index is 1.28. The van der Waals surface area contributed by atoms with Crippen LogP contribution in [0.3, 0.4) is 0 Å². The monoisotopic (exact) mass is 529 g/mol. The highest BCUT2D eigenvalue weighted by atomic mass is 15.2. The van der Waals surface area contributed by atoms with Crippen LogP contribution in [0.2, 0.25) is 0 Å². The molecule has 0 aromatic heterocycles. The van der Waals surface area contributed by atoms with Gasteiger partial charge in [0.05, 0.1) is 17.1 Å². The molecule has 0 saturated carbocycles. The highest BCUT2D eigenvalue weighted by molar-refractivity contribution is 5.93. The summed E-state index contributed by atoms with van der Waals surface area (Å²) in [5, 5.41) is 0. The van der Waals surface area contributed by atoms with Crippen LogP contribution in [0.1, 0.15) is 67.5 Å². The highest BCUT2D eigenvalue weighted by Crippen LogP contribution is 2.60. The van der Waals surface area contributed by atoms with Crippen LogP contribution in [0, 0.1) is 0 Å². The van der Waals surface area contributed by atoms with Gasteiger partial charge in [0.1, 0.15) is 0 Å². The molecule has 41 heavy (non-hydrogen) atoms. The van der Waals surface area contributed by atoms with Crippen LogP contribution in [0.15, 0.2) is 109 Å². The van der Waals surface area contributed by atoms with Crippen molar-refractivity contribution in [2.75, 3.05) is 4.90 Å². The van der Waals surface area contributed by atoms with Gasteiger partial charge in [0.25, 0.3) is 0 Å². The van der Waals surface area contributed by atoms with Gasteiger partial charge in [0.2, 0.25) is 0 Å². The Morgan fingerprint density at radius 1 is 0.537 bits per heavy atom. The van der Waals surface area contributed by atoms with Crippen LogP contribution in [0.5, 0.6) is 0 Å². The van der Waals surface area contributed by atoms with E-state index in [9.17, 15) is 0 Å². The molecule has 0 atom stereocenters. The Morgan fingerprint density at radius 3 is 1.95 bits per heavy atom. The van der Waals surface area contributed by atoms with Crippen molar-refractivity contribution in [3.05, 3.63) is 143 Å². The molecular formula is C40H35N. The molecule has 1 aliphatic carbocycles. The maximum absolute atomic E-state index is 2.53. The van der Waals surface area contributed by atoms with Crippen molar-refractivity contribution in [3.63, 3.8) is 0 Å². The van der Waals surface area contributed by atoms with Crippen molar-refractivity contribution >= 4 is 23.1 Å². The van der Waals surface area contributed by atoms with Gasteiger partial charge in [-0.3, -0.25) is 0 Å². The van der Waals surface area contributed by atoms with E-state index < -0.39 is 0 Å². The number of allylic oxidation sites excluding steroid dienone is 1. The average Bonchev–Trinajstić information content (AvgIpc) is 3.00. The molecule has 0 saturated heterocycles. The van der Waals surface area contributed by atoms with Crippen molar-refractivity contribution in [1.82, 2.24) is 0 Å². The Bertz CT molecular complexity index is 1900. The number of aryl methyl sites for hydroxylation is 1. The van der Waals surface area contributed by atoms with Gasteiger partial charge < -0.3 is 4.90 Å². The Labute approximate surface area is 243 Å². The van der Waals surface area contributed by atoms with Crippen LogP contribution in [-0.2, 0) is 17.3 Å². The molecule has 2 heterocycles. The fourth-order valence-electron chi connectivity index (χ4n) is 7.55. The van der Waals surface area contributed by atoms with E-state index >= 15 is 0 Å². The molecule has 1 nitrogen and oxygen atoms in total. The second-order valence-electron chi connectivity index (χ2n) is 13.0. The molecule has 0 radical (unpaired) electrons. The van der Waals surface area contributed by atoms with Gasteiger partial charge in [-0.1, -0.05) is 113 Å². The standard InChI is InChI=1S/C40H35N/c1-39(2)32-15-7-8-18-36(32)41-37-22-21-31(25-35(37)40(3,4)34-17-10-16-33(39)38(34)41)29-14-9-13-28(24-29)30-20-19-26-11-5-6-12-27(26)23-30/h6-10,12-25H,5,11H2,1-4H3. The number of anilines is 3. The van der Waals surface area contributed by atoms with Crippen molar-refractivity contribution in [1.29, 1.82) is 0 Å². The van der Waals surface area contributed by atoms with E-state index in [1.807, 2.05) is 0 Å². The molecule has 0 amide bonds. The minimum Gasteiger partial charge on any atom is -0.309 e. The van der Waals surface area contributed by atoms with E-state index in [0.29, 0.717) is 0 Å². The quantitative estimate of drug-likeness (QED) is 0.220. The summed E-state index contributed by atoms with van der Waals surface area (Å²) in [7, 11) is 0. The number of benzene rings is 5. The Morgan fingerprint density at radius 2 is 1.15 bits per heavy atom. The summed E-state index contributed by atoms with van der Waals surface area (Å²) in [4.78, 5) is 2.53. The highest BCUT2D eigenvalue weighted by Gasteiger charge is 2.45. The van der Waals surface area contributed by atoms with Crippen LogP contribution < -0.4 is 4.90 Å². The van der Waals surface area contributed by atoms with Gasteiger partial charge in [-0.2, -0.15) is 0 Å². The molecule has 0 fully saturated rings. The van der Waals surface area contributed by atoms with E-state index in [-0.39, 0.29) is 10.8 Å². The molecule has 0 unspecified atom stereocenters. The summed E-state index contributed by atoms with van der Waals surface area (Å²) >= 11 is 0. The first-order chi connectivity index (χ1) is 19.8. The number of fused-ring (bicyclic) bond motifs is 5. The van der Waals surface area contributed by atoms with Gasteiger partial charge >= 0.3 is 0 Å². The summed E-state index contributed by atoms with van der Waals surface area (Å²) in [5.74, 6) is 0. The predicted octanol–water partition coefficient (Wildman–Crippen LogP) is 10.7. The first kappa shape index (κ1) is 24.4. The first-order valence-electron chi connectivity index (χ1n) is 14.9. The third-order valence-corrected chi connectivity index (χ3v) is 9.89. The van der Waals surface area contributed by atoms with Crippen LogP contribution >= 0.6 is 0 Å². The Hall–Kier alpha value is -4.36. The number of para-hydroxylation sites is 2. The number of nitrogens with zero attached hydrogens (tertiary/aromatic N) is 1. The summed E-state index contributed by atoms with van der Waals surface area (Å²) in [5.41, 5.74) is 17.2. The number of rotatable bonds is 2. The minimum atomic E-state index is -0.127. The maximum Gasteiger partial charge on any atom is 0.0543 e. The molecule has 200 valence electrons. The van der Waals surface area contributed by atoms with Gasteiger partial charge in [0.15, 0.2) is 0 Å². The molecule has 0 spiro atoms. The zero-order valence-electron chi connectivity index (χ0n) is 24.3. The lowest BCUT2D eigenvalue weighted by Gasteiger charge is -2.49. The van der Waals surface area contributed by atoms with Crippen LogP contribution in [0.25, 0.3) is 28.3 Å². The smallest absolute Gasteiger partial charge is 0.0543 e. The third-order valence-electron chi connectivity index (χ3n) is 9.89. The zero-order chi connectivity index (χ0) is 27.9. The van der Waals surface area contributed by atoms with E-state index in [1.54, 1.807) is 0 Å². The first-order valence-corrected chi connectivity index (χ1v) is 14.9. The van der Waals surface area contributed by atoms with Crippen LogP contribution in [-0.4, -0.2) is 0 Å². The minimum absolute atomic E-state index is 0.0567. The van der Waals surface area contributed by atoms with E-state index in [4.69, 9.17) is 0 Å². The van der Waals surface area contributed by atoms with E-state index in [2.05, 4.69) is 148 Å². The fraction of sp³-hybridized carbons (Fsp3) is 0.200. The van der Waals surface area contributed by atoms with Crippen molar-refractivity contribution < 1.29 is 0 Å². The van der Waals surface area contributed by atoms with E-state index in [1.165, 1.54) is 72.7 Å². The maximum atomic E-state index is 2.53. The SMILES string of the molecule is CC1(C)c2ccccc2N2c3ccc(-c4cccc(-c5ccc6c(c5)C=CCC6)c4)cc3C(C)(C)c3cccc1c32. The third kappa shape index (κ3) is 3.48. The molecule has 0 N–H and O–H groups in total. The predicted molar refractivity (Wildman–Crippen MR) is 174 cm³/mol. The second-order valence-corrected chi connectivity index (χ2v) is 13.0. The summed E-state index contributed by atoms with van der Waals surface area (Å²) in [6.07, 6.45) is 6.85. The summed E-state index contributed by atoms with van der Waals surface area (Å²) in [6, 6.07) is 39.0. The van der Waals surface area contributed by atoms with Crippen molar-refractivity contribution in [3.8, 4) is 22.3 Å². The molecule has 5 aromatic rings. The van der Waals surface area contributed by atoms with E-state index in [0.717, 1.165) is 12.8 Å². The summed E-state index contributed by atoms with van der Waals surface area (Å²) in [6.45, 7) is 9.53. The normalized spacial score (nSPS) is 16.8. The zero-order valence-corrected chi connectivity index (χ0v) is 24.3.